The highest BCUT2D eigenvalue weighted by Crippen LogP contribution is 2.23. The number of rotatable bonds is 41. The van der Waals surface area contributed by atoms with Gasteiger partial charge in [-0.15, -0.1) is 0 Å². The van der Waals surface area contributed by atoms with Crippen molar-refractivity contribution in [1.82, 2.24) is 0 Å². The van der Waals surface area contributed by atoms with Crippen LogP contribution >= 0.6 is 0 Å². The predicted octanol–water partition coefficient (Wildman–Crippen LogP) is 10.9. The second kappa shape index (κ2) is 40.3. The van der Waals surface area contributed by atoms with Gasteiger partial charge in [0.25, 0.3) is 0 Å². The van der Waals surface area contributed by atoms with E-state index in [-0.39, 0.29) is 32.0 Å². The fourth-order valence-corrected chi connectivity index (χ4v) is 7.41. The molecule has 0 radical (unpaired) electrons. The summed E-state index contributed by atoms with van der Waals surface area (Å²) in [5.41, 5.74) is 0. The summed E-state index contributed by atoms with van der Waals surface area (Å²) in [7, 11) is 0. The molecular weight excluding hydrogens is 749 g/mol. The van der Waals surface area contributed by atoms with Gasteiger partial charge in [-0.25, -0.2) is 0 Å². The van der Waals surface area contributed by atoms with Gasteiger partial charge < -0.3 is 39.4 Å². The summed E-state index contributed by atoms with van der Waals surface area (Å²) in [6.07, 6.45) is 37.5. The van der Waals surface area contributed by atoms with Crippen LogP contribution in [0.4, 0.5) is 0 Å². The average Bonchev–Trinajstić information content (AvgIpc) is 3.23. The molecule has 1 fully saturated rings. The molecule has 0 aromatic rings. The highest BCUT2D eigenvalue weighted by Gasteiger charge is 2.44. The van der Waals surface area contributed by atoms with E-state index < -0.39 is 49.4 Å². The van der Waals surface area contributed by atoms with E-state index in [1.165, 1.54) is 128 Å². The molecule has 1 saturated heterocycles. The molecule has 0 bridgehead atoms. The maximum Gasteiger partial charge on any atom is 0.306 e. The van der Waals surface area contributed by atoms with Crippen LogP contribution in [0, 0.1) is 0 Å². The quantitative estimate of drug-likeness (QED) is 0.0266. The monoisotopic (exact) mass is 839 g/mol. The lowest BCUT2D eigenvalue weighted by Crippen LogP contribution is -2.59. The van der Waals surface area contributed by atoms with Crippen LogP contribution in [0.2, 0.25) is 0 Å². The molecule has 346 valence electrons. The van der Waals surface area contributed by atoms with Crippen molar-refractivity contribution >= 4 is 11.9 Å². The summed E-state index contributed by atoms with van der Waals surface area (Å²) in [4.78, 5) is 25.4. The van der Waals surface area contributed by atoms with Crippen molar-refractivity contribution in [3.63, 3.8) is 0 Å². The van der Waals surface area contributed by atoms with Gasteiger partial charge in [-0.05, 0) is 64.2 Å². The first kappa shape index (κ1) is 55.2. The zero-order chi connectivity index (χ0) is 43.0. The third-order valence-corrected chi connectivity index (χ3v) is 11.3. The lowest BCUT2D eigenvalue weighted by Gasteiger charge is -2.39. The molecule has 0 aromatic carbocycles. The van der Waals surface area contributed by atoms with Gasteiger partial charge in [0.05, 0.1) is 13.2 Å². The van der Waals surface area contributed by atoms with Crippen LogP contribution in [0.5, 0.6) is 0 Å². The smallest absolute Gasteiger partial charge is 0.306 e. The van der Waals surface area contributed by atoms with Gasteiger partial charge in [0.1, 0.15) is 31.0 Å². The molecule has 1 heterocycles. The van der Waals surface area contributed by atoms with E-state index in [0.717, 1.165) is 57.8 Å². The number of allylic oxidation sites excluding steroid dienone is 4. The number of aliphatic hydroxyl groups is 4. The molecule has 2 unspecified atom stereocenters. The number of aliphatic hydroxyl groups excluding tert-OH is 4. The molecule has 1 aliphatic heterocycles. The van der Waals surface area contributed by atoms with Crippen LogP contribution in [0.25, 0.3) is 0 Å². The predicted molar refractivity (Wildman–Crippen MR) is 238 cm³/mol. The molecule has 4 N–H and O–H groups in total. The molecule has 10 heteroatoms. The van der Waals surface area contributed by atoms with Gasteiger partial charge in [0.15, 0.2) is 12.4 Å². The van der Waals surface area contributed by atoms with E-state index in [4.69, 9.17) is 18.9 Å². The molecule has 0 aromatic heterocycles. The van der Waals surface area contributed by atoms with Crippen molar-refractivity contribution in [2.24, 2.45) is 0 Å². The van der Waals surface area contributed by atoms with E-state index in [1.807, 2.05) is 0 Å². The number of hydrogen-bond acceptors (Lipinski definition) is 10. The Kier molecular flexibility index (Phi) is 37.7. The minimum absolute atomic E-state index is 0.219. The average molecular weight is 839 g/mol. The molecule has 6 atom stereocenters. The summed E-state index contributed by atoms with van der Waals surface area (Å²) in [5, 5.41) is 40.1. The van der Waals surface area contributed by atoms with E-state index in [9.17, 15) is 30.0 Å². The Labute approximate surface area is 360 Å². The van der Waals surface area contributed by atoms with Crippen molar-refractivity contribution in [1.29, 1.82) is 0 Å². The summed E-state index contributed by atoms with van der Waals surface area (Å²) in [5.74, 6) is -0.811. The normalized spacial score (nSPS) is 20.1. The fourth-order valence-electron chi connectivity index (χ4n) is 7.41. The Balaban J connectivity index is 2.28. The van der Waals surface area contributed by atoms with Crippen molar-refractivity contribution in [3.8, 4) is 0 Å². The third kappa shape index (κ3) is 31.7. The van der Waals surface area contributed by atoms with E-state index in [1.54, 1.807) is 0 Å². The van der Waals surface area contributed by atoms with Crippen LogP contribution in [0.15, 0.2) is 24.3 Å². The Bertz CT molecular complexity index is 1020. The number of hydrogen-bond donors (Lipinski definition) is 4. The van der Waals surface area contributed by atoms with Crippen LogP contribution in [0.1, 0.15) is 219 Å². The highest BCUT2D eigenvalue weighted by atomic mass is 16.7. The minimum atomic E-state index is -1.59. The minimum Gasteiger partial charge on any atom is -0.462 e. The zero-order valence-corrected chi connectivity index (χ0v) is 37.8. The molecule has 1 rings (SSSR count). The van der Waals surface area contributed by atoms with Crippen molar-refractivity contribution in [3.05, 3.63) is 24.3 Å². The molecule has 10 nitrogen and oxygen atoms in total. The van der Waals surface area contributed by atoms with Crippen LogP contribution in [-0.2, 0) is 28.5 Å². The number of carbonyl (C=O) groups excluding carboxylic acids is 2. The largest absolute Gasteiger partial charge is 0.462 e. The van der Waals surface area contributed by atoms with E-state index >= 15 is 0 Å². The Morgan fingerprint density at radius 2 is 0.898 bits per heavy atom. The zero-order valence-electron chi connectivity index (χ0n) is 37.8. The number of unbranched alkanes of at least 4 members (excludes halogenated alkanes) is 26. The van der Waals surface area contributed by atoms with Gasteiger partial charge in [-0.1, -0.05) is 167 Å². The van der Waals surface area contributed by atoms with Gasteiger partial charge in [-0.3, -0.25) is 9.59 Å². The van der Waals surface area contributed by atoms with Crippen molar-refractivity contribution in [2.75, 3.05) is 19.8 Å². The van der Waals surface area contributed by atoms with Crippen molar-refractivity contribution < 1.29 is 49.0 Å². The van der Waals surface area contributed by atoms with Gasteiger partial charge >= 0.3 is 11.9 Å². The molecule has 1 aliphatic rings. The topological polar surface area (TPSA) is 152 Å². The Morgan fingerprint density at radius 1 is 0.508 bits per heavy atom. The SMILES string of the molecule is CCCCCCCC/C=C/CCCCCCCCCCCC(=O)OC[C@@H](CO[C@H]1O[C@@H](CO)[C@@H](O)C(O)C1O)OC(=O)CCCCCCC/C=C/CCCCCCCC. The first-order chi connectivity index (χ1) is 28.8. The van der Waals surface area contributed by atoms with Gasteiger partial charge in [0.2, 0.25) is 0 Å². The van der Waals surface area contributed by atoms with Crippen LogP contribution in [0.3, 0.4) is 0 Å². The number of carbonyl (C=O) groups is 2. The van der Waals surface area contributed by atoms with Crippen LogP contribution in [-0.4, -0.2) is 89.0 Å². The maximum absolute atomic E-state index is 12.8. The van der Waals surface area contributed by atoms with Gasteiger partial charge in [0, 0.05) is 12.8 Å². The molecule has 0 amide bonds. The molecule has 0 aliphatic carbocycles. The molecule has 59 heavy (non-hydrogen) atoms. The Morgan fingerprint density at radius 3 is 1.32 bits per heavy atom. The lowest BCUT2D eigenvalue weighted by molar-refractivity contribution is -0.305. The summed E-state index contributed by atoms with van der Waals surface area (Å²) >= 11 is 0. The number of esters is 2. The van der Waals surface area contributed by atoms with E-state index in [2.05, 4.69) is 38.2 Å². The molecule has 0 spiro atoms. The fraction of sp³-hybridized carbons (Fsp3) is 0.878. The molecular formula is C49H90O10. The summed E-state index contributed by atoms with van der Waals surface area (Å²) < 4.78 is 22.2. The molecule has 0 saturated carbocycles. The lowest BCUT2D eigenvalue weighted by atomic mass is 9.99. The number of ether oxygens (including phenoxy) is 4. The Hall–Kier alpha value is -1.82. The van der Waals surface area contributed by atoms with E-state index in [0.29, 0.717) is 6.42 Å². The summed E-state index contributed by atoms with van der Waals surface area (Å²) in [6, 6.07) is 0. The standard InChI is InChI=1S/C49H90O10/c1-3-5-7-9-11-13-15-17-19-20-21-22-24-25-27-29-31-33-35-37-44(51)56-40-42(41-57-49-48(55)47(54)46(53)43(39-50)59-49)58-45(52)38-36-34-32-30-28-26-23-18-16-14-12-10-8-6-4-2/h17-19,23,42-43,46-50,53-55H,3-16,20-22,24-41H2,1-2H3/b19-17+,23-18+/t42-,43-,46+,47?,48?,49-/m0/s1. The van der Waals surface area contributed by atoms with Crippen molar-refractivity contribution in [2.45, 2.75) is 256 Å². The van der Waals surface area contributed by atoms with Gasteiger partial charge in [-0.2, -0.15) is 0 Å². The highest BCUT2D eigenvalue weighted by molar-refractivity contribution is 5.70. The maximum atomic E-state index is 12.8. The second-order valence-electron chi connectivity index (χ2n) is 16.9. The van der Waals surface area contributed by atoms with Crippen LogP contribution < -0.4 is 0 Å². The first-order valence-electron chi connectivity index (χ1n) is 24.4. The summed E-state index contributed by atoms with van der Waals surface area (Å²) in [6.45, 7) is 3.42. The first-order valence-corrected chi connectivity index (χ1v) is 24.4. The third-order valence-electron chi connectivity index (χ3n) is 11.3. The second-order valence-corrected chi connectivity index (χ2v) is 16.9.